The number of carbonyl (C=O) groups is 2. The Hall–Kier alpha value is -3.05. The summed E-state index contributed by atoms with van der Waals surface area (Å²) >= 11 is 5.93. The molecule has 0 fully saturated rings. The molecule has 0 saturated carbocycles. The first-order valence-electron chi connectivity index (χ1n) is 9.14. The van der Waals surface area contributed by atoms with Crippen molar-refractivity contribution in [2.75, 3.05) is 13.2 Å². The molecular formula is C22H19ClN2O3. The first kappa shape index (κ1) is 18.3. The number of hydrogen-bond acceptors (Lipinski definition) is 3. The second-order valence-corrected chi connectivity index (χ2v) is 6.98. The average molecular weight is 395 g/mol. The zero-order valence-electron chi connectivity index (χ0n) is 15.4. The van der Waals surface area contributed by atoms with Crippen LogP contribution in [0.4, 0.5) is 0 Å². The number of esters is 1. The summed E-state index contributed by atoms with van der Waals surface area (Å²) in [5.74, 6) is -0.640. The number of aromatic amines is 1. The number of H-pyrrole nitrogens is 1. The number of aromatic nitrogens is 1. The molecule has 1 amide bonds. The summed E-state index contributed by atoms with van der Waals surface area (Å²) in [6.45, 7) is 2.48. The Balaban J connectivity index is 1.79. The van der Waals surface area contributed by atoms with E-state index in [1.807, 2.05) is 24.3 Å². The summed E-state index contributed by atoms with van der Waals surface area (Å²) in [6, 6.07) is 14.6. The summed E-state index contributed by atoms with van der Waals surface area (Å²) in [6.07, 6.45) is 2.22. The smallest absolute Gasteiger partial charge is 0.341 e. The van der Waals surface area contributed by atoms with Gasteiger partial charge < -0.3 is 14.6 Å². The SMILES string of the molecule is CCOC(=O)C1=CN(C(=O)c2ccc(Cl)cc2)CCc2c1[nH]c1ccccc21. The van der Waals surface area contributed by atoms with Gasteiger partial charge in [-0.15, -0.1) is 0 Å². The lowest BCUT2D eigenvalue weighted by Crippen LogP contribution is -2.28. The second kappa shape index (κ2) is 7.52. The number of rotatable bonds is 3. The molecule has 0 radical (unpaired) electrons. The maximum absolute atomic E-state index is 13.0. The van der Waals surface area contributed by atoms with Gasteiger partial charge in [0, 0.05) is 34.2 Å². The molecule has 2 aromatic carbocycles. The fourth-order valence-electron chi connectivity index (χ4n) is 3.49. The quantitative estimate of drug-likeness (QED) is 0.669. The maximum atomic E-state index is 13.0. The topological polar surface area (TPSA) is 62.4 Å². The van der Waals surface area contributed by atoms with Crippen molar-refractivity contribution < 1.29 is 14.3 Å². The van der Waals surface area contributed by atoms with Gasteiger partial charge in [0.15, 0.2) is 0 Å². The molecule has 0 unspecified atom stereocenters. The first-order chi connectivity index (χ1) is 13.6. The molecule has 0 saturated heterocycles. The fourth-order valence-corrected chi connectivity index (χ4v) is 3.61. The van der Waals surface area contributed by atoms with E-state index in [0.29, 0.717) is 34.8 Å². The molecule has 0 aliphatic carbocycles. The van der Waals surface area contributed by atoms with Crippen LogP contribution in [0.5, 0.6) is 0 Å². The largest absolute Gasteiger partial charge is 0.462 e. The molecule has 0 spiro atoms. The van der Waals surface area contributed by atoms with E-state index in [9.17, 15) is 9.59 Å². The Labute approximate surface area is 167 Å². The number of ether oxygens (including phenoxy) is 1. The van der Waals surface area contributed by atoms with Crippen molar-refractivity contribution >= 4 is 40.0 Å². The minimum Gasteiger partial charge on any atom is -0.462 e. The maximum Gasteiger partial charge on any atom is 0.341 e. The Morgan fingerprint density at radius 3 is 2.64 bits per heavy atom. The lowest BCUT2D eigenvalue weighted by atomic mass is 10.0. The van der Waals surface area contributed by atoms with Crippen molar-refractivity contribution in [2.24, 2.45) is 0 Å². The molecule has 2 heterocycles. The molecule has 0 bridgehead atoms. The monoisotopic (exact) mass is 394 g/mol. The van der Waals surface area contributed by atoms with Crippen molar-refractivity contribution in [3.8, 4) is 0 Å². The number of para-hydroxylation sites is 1. The van der Waals surface area contributed by atoms with Gasteiger partial charge >= 0.3 is 5.97 Å². The van der Waals surface area contributed by atoms with Crippen LogP contribution in [0.2, 0.25) is 5.02 Å². The van der Waals surface area contributed by atoms with Crippen molar-refractivity contribution in [3.63, 3.8) is 0 Å². The summed E-state index contributed by atoms with van der Waals surface area (Å²) in [7, 11) is 0. The van der Waals surface area contributed by atoms with Crippen molar-refractivity contribution in [1.82, 2.24) is 9.88 Å². The van der Waals surface area contributed by atoms with Crippen LogP contribution in [0.3, 0.4) is 0 Å². The van der Waals surface area contributed by atoms with Crippen molar-refractivity contribution in [1.29, 1.82) is 0 Å². The Kier molecular flexibility index (Phi) is 4.92. The lowest BCUT2D eigenvalue weighted by Gasteiger charge is -2.18. The summed E-state index contributed by atoms with van der Waals surface area (Å²) in [5, 5.41) is 1.62. The van der Waals surface area contributed by atoms with Gasteiger partial charge in [0.1, 0.15) is 0 Å². The highest BCUT2D eigenvalue weighted by Gasteiger charge is 2.27. The van der Waals surface area contributed by atoms with Gasteiger partial charge in [-0.1, -0.05) is 29.8 Å². The molecule has 28 heavy (non-hydrogen) atoms. The third-order valence-electron chi connectivity index (χ3n) is 4.82. The molecular weight excluding hydrogens is 376 g/mol. The van der Waals surface area contributed by atoms with Gasteiger partial charge in [-0.05, 0) is 49.2 Å². The van der Waals surface area contributed by atoms with Crippen LogP contribution in [0, 0.1) is 0 Å². The van der Waals surface area contributed by atoms with Gasteiger partial charge in [-0.3, -0.25) is 4.79 Å². The van der Waals surface area contributed by atoms with Crippen molar-refractivity contribution in [2.45, 2.75) is 13.3 Å². The molecule has 3 aromatic rings. The normalized spacial score (nSPS) is 13.6. The van der Waals surface area contributed by atoms with Crippen LogP contribution in [-0.2, 0) is 16.0 Å². The molecule has 5 nitrogen and oxygen atoms in total. The van der Waals surface area contributed by atoms with E-state index in [4.69, 9.17) is 16.3 Å². The molecule has 6 heteroatoms. The number of nitrogens with one attached hydrogen (secondary N) is 1. The van der Waals surface area contributed by atoms with E-state index in [2.05, 4.69) is 4.98 Å². The van der Waals surface area contributed by atoms with E-state index in [0.717, 1.165) is 16.5 Å². The van der Waals surface area contributed by atoms with Crippen LogP contribution in [0.15, 0.2) is 54.7 Å². The summed E-state index contributed by atoms with van der Waals surface area (Å²) < 4.78 is 5.26. The second-order valence-electron chi connectivity index (χ2n) is 6.54. The zero-order chi connectivity index (χ0) is 19.7. The van der Waals surface area contributed by atoms with Gasteiger partial charge in [0.2, 0.25) is 0 Å². The number of halogens is 1. The number of carbonyl (C=O) groups excluding carboxylic acids is 2. The fraction of sp³-hybridized carbons (Fsp3) is 0.182. The average Bonchev–Trinajstić information content (AvgIpc) is 2.96. The summed E-state index contributed by atoms with van der Waals surface area (Å²) in [5.41, 5.74) is 3.56. The number of hydrogen-bond donors (Lipinski definition) is 1. The minimum absolute atomic E-state index is 0.187. The Morgan fingerprint density at radius 2 is 1.89 bits per heavy atom. The standard InChI is InChI=1S/C22H19ClN2O3/c1-2-28-22(27)18-13-25(21(26)14-7-9-15(23)10-8-14)12-11-17-16-5-3-4-6-19(16)24-20(17)18/h3-10,13,24H,2,11-12H2,1H3. The molecule has 4 rings (SSSR count). The first-order valence-corrected chi connectivity index (χ1v) is 9.51. The van der Waals surface area contributed by atoms with Crippen LogP contribution < -0.4 is 0 Å². The van der Waals surface area contributed by atoms with E-state index in [1.165, 1.54) is 0 Å². The highest BCUT2D eigenvalue weighted by atomic mass is 35.5. The molecule has 1 aliphatic heterocycles. The zero-order valence-corrected chi connectivity index (χ0v) is 16.1. The number of benzene rings is 2. The Bertz CT molecular complexity index is 1080. The number of fused-ring (bicyclic) bond motifs is 3. The third-order valence-corrected chi connectivity index (χ3v) is 5.07. The van der Waals surface area contributed by atoms with Gasteiger partial charge in [0.05, 0.1) is 17.9 Å². The third kappa shape index (κ3) is 3.29. The predicted molar refractivity (Wildman–Crippen MR) is 109 cm³/mol. The van der Waals surface area contributed by atoms with Crippen LogP contribution >= 0.6 is 11.6 Å². The van der Waals surface area contributed by atoms with Crippen LogP contribution in [0.25, 0.3) is 16.5 Å². The number of nitrogens with zero attached hydrogens (tertiary/aromatic N) is 1. The van der Waals surface area contributed by atoms with Gasteiger partial charge in [-0.2, -0.15) is 0 Å². The van der Waals surface area contributed by atoms with Gasteiger partial charge in [0.25, 0.3) is 5.91 Å². The molecule has 1 N–H and O–H groups in total. The number of amides is 1. The van der Waals surface area contributed by atoms with Crippen LogP contribution in [0.1, 0.15) is 28.5 Å². The van der Waals surface area contributed by atoms with E-state index < -0.39 is 5.97 Å². The highest BCUT2D eigenvalue weighted by Crippen LogP contribution is 2.31. The van der Waals surface area contributed by atoms with Crippen molar-refractivity contribution in [3.05, 3.63) is 76.6 Å². The Morgan fingerprint density at radius 1 is 1.14 bits per heavy atom. The minimum atomic E-state index is -0.453. The lowest BCUT2D eigenvalue weighted by molar-refractivity contribution is -0.136. The molecule has 142 valence electrons. The predicted octanol–water partition coefficient (Wildman–Crippen LogP) is 4.42. The summed E-state index contributed by atoms with van der Waals surface area (Å²) in [4.78, 5) is 30.6. The van der Waals surface area contributed by atoms with Gasteiger partial charge in [-0.25, -0.2) is 4.79 Å². The highest BCUT2D eigenvalue weighted by molar-refractivity contribution is 6.30. The van der Waals surface area contributed by atoms with Crippen LogP contribution in [-0.4, -0.2) is 34.9 Å². The van der Waals surface area contributed by atoms with E-state index in [1.54, 1.807) is 42.3 Å². The molecule has 1 aliphatic rings. The van der Waals surface area contributed by atoms with E-state index in [-0.39, 0.29) is 12.5 Å². The molecule has 1 aromatic heterocycles. The molecule has 0 atom stereocenters. The van der Waals surface area contributed by atoms with E-state index >= 15 is 0 Å².